The zero-order chi connectivity index (χ0) is 18.9. The standard InChI is InChI=1S/C16H23N3O5S/c1-10(2)7-11(15(20)21)9-17-25(23,24)12-5-6-13-14(8-12)19(4)16(22)18(13)3/h5-6,8,10-11,17H,7,9H2,1-4H3,(H,20,21). The number of rotatable bonds is 7. The van der Waals surface area contributed by atoms with Gasteiger partial charge in [0.05, 0.1) is 21.8 Å². The number of carbonyl (C=O) groups is 1. The zero-order valence-electron chi connectivity index (χ0n) is 14.7. The van der Waals surface area contributed by atoms with Crippen LogP contribution in [0.25, 0.3) is 11.0 Å². The van der Waals surface area contributed by atoms with E-state index in [4.69, 9.17) is 0 Å². The van der Waals surface area contributed by atoms with Crippen LogP contribution in [0.3, 0.4) is 0 Å². The third kappa shape index (κ3) is 3.93. The molecule has 0 aliphatic carbocycles. The highest BCUT2D eigenvalue weighted by Gasteiger charge is 2.23. The Morgan fingerprint density at radius 3 is 2.36 bits per heavy atom. The van der Waals surface area contributed by atoms with Crippen LogP contribution in [0.5, 0.6) is 0 Å². The van der Waals surface area contributed by atoms with Crippen molar-refractivity contribution in [1.82, 2.24) is 13.9 Å². The first kappa shape index (κ1) is 19.2. The molecule has 138 valence electrons. The van der Waals surface area contributed by atoms with Crippen molar-refractivity contribution in [2.24, 2.45) is 25.9 Å². The van der Waals surface area contributed by atoms with Crippen LogP contribution in [0, 0.1) is 11.8 Å². The lowest BCUT2D eigenvalue weighted by atomic mass is 9.98. The molecule has 1 heterocycles. The molecule has 1 atom stereocenters. The summed E-state index contributed by atoms with van der Waals surface area (Å²) >= 11 is 0. The molecule has 0 saturated heterocycles. The Kier molecular flexibility index (Phi) is 5.38. The van der Waals surface area contributed by atoms with Crippen LogP contribution in [0.2, 0.25) is 0 Å². The number of aromatic nitrogens is 2. The first-order valence-electron chi connectivity index (χ1n) is 7.92. The highest BCUT2D eigenvalue weighted by molar-refractivity contribution is 7.89. The number of aliphatic carboxylic acids is 1. The van der Waals surface area contributed by atoms with Crippen LogP contribution in [-0.2, 0) is 28.9 Å². The van der Waals surface area contributed by atoms with E-state index in [0.717, 1.165) is 0 Å². The summed E-state index contributed by atoms with van der Waals surface area (Å²) in [6.45, 7) is 3.59. The Morgan fingerprint density at radius 2 is 1.80 bits per heavy atom. The van der Waals surface area contributed by atoms with Gasteiger partial charge >= 0.3 is 11.7 Å². The molecule has 2 N–H and O–H groups in total. The van der Waals surface area contributed by atoms with Crippen molar-refractivity contribution in [2.75, 3.05) is 6.54 Å². The van der Waals surface area contributed by atoms with E-state index in [0.29, 0.717) is 17.5 Å². The molecule has 0 fully saturated rings. The van der Waals surface area contributed by atoms with Crippen molar-refractivity contribution in [2.45, 2.75) is 25.2 Å². The quantitative estimate of drug-likeness (QED) is 0.753. The number of imidazole rings is 1. The Labute approximate surface area is 146 Å². The monoisotopic (exact) mass is 369 g/mol. The smallest absolute Gasteiger partial charge is 0.328 e. The predicted octanol–water partition coefficient (Wildman–Crippen LogP) is 0.902. The molecule has 1 aromatic heterocycles. The fourth-order valence-electron chi connectivity index (χ4n) is 2.79. The lowest BCUT2D eigenvalue weighted by Crippen LogP contribution is -2.33. The van der Waals surface area contributed by atoms with Gasteiger partial charge in [0, 0.05) is 20.6 Å². The normalized spacial score (nSPS) is 13.5. The minimum Gasteiger partial charge on any atom is -0.481 e. The molecule has 25 heavy (non-hydrogen) atoms. The van der Waals surface area contributed by atoms with Gasteiger partial charge in [-0.2, -0.15) is 0 Å². The topological polar surface area (TPSA) is 110 Å². The molecule has 9 heteroatoms. The van der Waals surface area contributed by atoms with Gasteiger partial charge < -0.3 is 5.11 Å². The number of nitrogens with one attached hydrogen (secondary N) is 1. The van der Waals surface area contributed by atoms with Crippen molar-refractivity contribution in [1.29, 1.82) is 0 Å². The van der Waals surface area contributed by atoms with Crippen LogP contribution in [0.4, 0.5) is 0 Å². The van der Waals surface area contributed by atoms with Crippen LogP contribution in [0.1, 0.15) is 20.3 Å². The van der Waals surface area contributed by atoms with E-state index < -0.39 is 21.9 Å². The van der Waals surface area contributed by atoms with E-state index in [1.165, 1.54) is 21.3 Å². The Morgan fingerprint density at radius 1 is 1.20 bits per heavy atom. The second-order valence-corrected chi connectivity index (χ2v) is 8.33. The van der Waals surface area contributed by atoms with E-state index in [1.54, 1.807) is 20.2 Å². The number of fused-ring (bicyclic) bond motifs is 1. The van der Waals surface area contributed by atoms with Crippen molar-refractivity contribution >= 4 is 27.0 Å². The number of benzene rings is 1. The van der Waals surface area contributed by atoms with Gasteiger partial charge in [-0.25, -0.2) is 17.9 Å². The van der Waals surface area contributed by atoms with E-state index in [9.17, 15) is 23.1 Å². The summed E-state index contributed by atoms with van der Waals surface area (Å²) in [5, 5.41) is 9.22. The number of carboxylic acid groups (broad SMARTS) is 1. The summed E-state index contributed by atoms with van der Waals surface area (Å²) in [6.07, 6.45) is 0.379. The summed E-state index contributed by atoms with van der Waals surface area (Å²) in [7, 11) is -0.696. The molecule has 0 spiro atoms. The first-order chi connectivity index (χ1) is 11.5. The average molecular weight is 369 g/mol. The fourth-order valence-corrected chi connectivity index (χ4v) is 3.89. The molecule has 1 unspecified atom stereocenters. The van der Waals surface area contributed by atoms with Gasteiger partial charge in [0.25, 0.3) is 0 Å². The molecule has 0 saturated carbocycles. The Bertz CT molecular complexity index is 956. The fraction of sp³-hybridized carbons (Fsp3) is 0.500. The molecule has 0 radical (unpaired) electrons. The minimum absolute atomic E-state index is 0.00474. The number of carboxylic acids is 1. The van der Waals surface area contributed by atoms with Gasteiger partial charge in [-0.1, -0.05) is 13.8 Å². The number of nitrogens with zero attached hydrogens (tertiary/aromatic N) is 2. The van der Waals surface area contributed by atoms with Crippen LogP contribution < -0.4 is 10.4 Å². The molecule has 0 amide bonds. The maximum atomic E-state index is 12.5. The number of aryl methyl sites for hydroxylation is 2. The first-order valence-corrected chi connectivity index (χ1v) is 9.41. The number of hydrogen-bond acceptors (Lipinski definition) is 4. The number of sulfonamides is 1. The largest absolute Gasteiger partial charge is 0.481 e. The van der Waals surface area contributed by atoms with Gasteiger partial charge in [-0.3, -0.25) is 13.9 Å². The van der Waals surface area contributed by atoms with E-state index in [-0.39, 0.29) is 23.0 Å². The second-order valence-electron chi connectivity index (χ2n) is 6.57. The predicted molar refractivity (Wildman–Crippen MR) is 93.9 cm³/mol. The molecule has 0 aliphatic rings. The van der Waals surface area contributed by atoms with Crippen LogP contribution in [0.15, 0.2) is 27.9 Å². The third-order valence-electron chi connectivity index (χ3n) is 4.18. The van der Waals surface area contributed by atoms with Crippen LogP contribution >= 0.6 is 0 Å². The van der Waals surface area contributed by atoms with E-state index >= 15 is 0 Å². The summed E-state index contributed by atoms with van der Waals surface area (Å²) in [5.74, 6) is -1.68. The number of hydrogen-bond donors (Lipinski definition) is 2. The molecule has 1 aromatic carbocycles. The van der Waals surface area contributed by atoms with Crippen LogP contribution in [-0.4, -0.2) is 35.2 Å². The minimum atomic E-state index is -3.87. The Balaban J connectivity index is 2.30. The maximum Gasteiger partial charge on any atom is 0.328 e. The Hall–Kier alpha value is -2.13. The molecule has 8 nitrogen and oxygen atoms in total. The lowest BCUT2D eigenvalue weighted by molar-refractivity contribution is -0.142. The molecule has 0 bridgehead atoms. The van der Waals surface area contributed by atoms with Crippen molar-refractivity contribution in [3.05, 3.63) is 28.7 Å². The van der Waals surface area contributed by atoms with E-state index in [2.05, 4.69) is 4.72 Å². The van der Waals surface area contributed by atoms with E-state index in [1.807, 2.05) is 13.8 Å². The van der Waals surface area contributed by atoms with Gasteiger partial charge in [-0.05, 0) is 30.5 Å². The lowest BCUT2D eigenvalue weighted by Gasteiger charge is -2.15. The highest BCUT2D eigenvalue weighted by Crippen LogP contribution is 2.18. The average Bonchev–Trinajstić information content (AvgIpc) is 2.75. The van der Waals surface area contributed by atoms with Crippen molar-refractivity contribution in [3.63, 3.8) is 0 Å². The summed E-state index contributed by atoms with van der Waals surface area (Å²) < 4.78 is 30.2. The summed E-state index contributed by atoms with van der Waals surface area (Å²) in [5.41, 5.74) is 0.863. The molecule has 2 rings (SSSR count). The molecular formula is C16H23N3O5S. The van der Waals surface area contributed by atoms with Crippen molar-refractivity contribution in [3.8, 4) is 0 Å². The highest BCUT2D eigenvalue weighted by atomic mass is 32.2. The summed E-state index contributed by atoms with van der Waals surface area (Å²) in [4.78, 5) is 23.2. The molecule has 2 aromatic rings. The van der Waals surface area contributed by atoms with Gasteiger partial charge in [-0.15, -0.1) is 0 Å². The van der Waals surface area contributed by atoms with Gasteiger partial charge in [0.1, 0.15) is 0 Å². The van der Waals surface area contributed by atoms with Gasteiger partial charge in [0.15, 0.2) is 0 Å². The second kappa shape index (κ2) is 7.01. The maximum absolute atomic E-state index is 12.5. The molecular weight excluding hydrogens is 346 g/mol. The molecule has 0 aliphatic heterocycles. The summed E-state index contributed by atoms with van der Waals surface area (Å²) in [6, 6.07) is 4.38. The zero-order valence-corrected chi connectivity index (χ0v) is 15.5. The van der Waals surface area contributed by atoms with Gasteiger partial charge in [0.2, 0.25) is 10.0 Å². The third-order valence-corrected chi connectivity index (χ3v) is 5.60. The van der Waals surface area contributed by atoms with Crippen molar-refractivity contribution < 1.29 is 18.3 Å². The SMILES string of the molecule is CC(C)CC(CNS(=O)(=O)c1ccc2c(c1)n(C)c(=O)n2C)C(=O)O.